The normalized spacial score (nSPS) is 11.4. The molecule has 0 saturated carbocycles. The highest BCUT2D eigenvalue weighted by Gasteiger charge is 2.21. The van der Waals surface area contributed by atoms with Crippen LogP contribution in [0.15, 0.2) is 71.6 Å². The number of nitrogens with zero attached hydrogens (tertiary/aromatic N) is 3. The van der Waals surface area contributed by atoms with Gasteiger partial charge in [-0.15, -0.1) is 5.10 Å². The van der Waals surface area contributed by atoms with E-state index in [-0.39, 0.29) is 18.0 Å². The van der Waals surface area contributed by atoms with Crippen molar-refractivity contribution in [2.75, 3.05) is 0 Å². The number of carbonyl (C=O) groups excluding carboxylic acids is 1. The first kappa shape index (κ1) is 21.5. The van der Waals surface area contributed by atoms with Crippen LogP contribution in [0.2, 0.25) is 0 Å². The molecule has 8 nitrogen and oxygen atoms in total. The molecular formula is C23H22N4O4S. The first-order valence-corrected chi connectivity index (χ1v) is 11.4. The standard InChI is InChI=1S/C23H22N4O4S/c1-16-7-3-6-10-22(16)32(29,30)25-23(28)14-27-17(2)21(24-26-27)15-31-20-12-11-18-8-4-5-9-19(18)13-20/h3-13H,14-15H2,1-2H3,(H,25,28). The Morgan fingerprint density at radius 2 is 1.72 bits per heavy atom. The molecule has 1 aromatic heterocycles. The van der Waals surface area contributed by atoms with Gasteiger partial charge in [0.2, 0.25) is 0 Å². The topological polar surface area (TPSA) is 103 Å². The third kappa shape index (κ3) is 4.62. The molecule has 4 rings (SSSR count). The Balaban J connectivity index is 1.41. The number of hydrogen-bond donors (Lipinski definition) is 1. The molecule has 32 heavy (non-hydrogen) atoms. The van der Waals surface area contributed by atoms with Crippen LogP contribution in [0.3, 0.4) is 0 Å². The maximum Gasteiger partial charge on any atom is 0.264 e. The number of aryl methyl sites for hydroxylation is 1. The van der Waals surface area contributed by atoms with E-state index in [0.717, 1.165) is 10.8 Å². The number of amides is 1. The van der Waals surface area contributed by atoms with E-state index in [2.05, 4.69) is 15.0 Å². The summed E-state index contributed by atoms with van der Waals surface area (Å²) in [7, 11) is -3.97. The number of sulfonamides is 1. The predicted molar refractivity (Wildman–Crippen MR) is 120 cm³/mol. The number of carbonyl (C=O) groups is 1. The van der Waals surface area contributed by atoms with Crippen molar-refractivity contribution in [3.63, 3.8) is 0 Å². The molecule has 0 bridgehead atoms. The summed E-state index contributed by atoms with van der Waals surface area (Å²) in [6, 6.07) is 20.2. The van der Waals surface area contributed by atoms with Crippen molar-refractivity contribution in [1.82, 2.24) is 19.7 Å². The summed E-state index contributed by atoms with van der Waals surface area (Å²) in [4.78, 5) is 12.4. The number of ether oxygens (including phenoxy) is 1. The highest BCUT2D eigenvalue weighted by molar-refractivity contribution is 7.90. The zero-order valence-corrected chi connectivity index (χ0v) is 18.5. The van der Waals surface area contributed by atoms with Gasteiger partial charge in [0.15, 0.2) is 0 Å². The van der Waals surface area contributed by atoms with Crippen LogP contribution in [0.25, 0.3) is 10.8 Å². The van der Waals surface area contributed by atoms with E-state index in [0.29, 0.717) is 22.7 Å². The van der Waals surface area contributed by atoms with Gasteiger partial charge < -0.3 is 4.74 Å². The molecule has 0 spiro atoms. The van der Waals surface area contributed by atoms with Gasteiger partial charge in [-0.1, -0.05) is 53.7 Å². The number of nitrogens with one attached hydrogen (secondary N) is 1. The molecule has 1 heterocycles. The summed E-state index contributed by atoms with van der Waals surface area (Å²) >= 11 is 0. The molecule has 0 aliphatic rings. The minimum Gasteiger partial charge on any atom is -0.487 e. The highest BCUT2D eigenvalue weighted by atomic mass is 32.2. The molecule has 0 radical (unpaired) electrons. The van der Waals surface area contributed by atoms with E-state index < -0.39 is 15.9 Å². The fourth-order valence-electron chi connectivity index (χ4n) is 3.32. The van der Waals surface area contributed by atoms with E-state index in [1.807, 2.05) is 42.5 Å². The zero-order valence-electron chi connectivity index (χ0n) is 17.6. The van der Waals surface area contributed by atoms with Crippen LogP contribution in [0.1, 0.15) is 17.0 Å². The third-order valence-corrected chi connectivity index (χ3v) is 6.63. The Morgan fingerprint density at radius 1 is 1.00 bits per heavy atom. The Morgan fingerprint density at radius 3 is 2.50 bits per heavy atom. The predicted octanol–water partition coefficient (Wildman–Crippen LogP) is 3.13. The Bertz CT molecular complexity index is 1400. The molecule has 0 fully saturated rings. The lowest BCUT2D eigenvalue weighted by Crippen LogP contribution is -2.34. The van der Waals surface area contributed by atoms with E-state index in [4.69, 9.17) is 4.74 Å². The zero-order chi connectivity index (χ0) is 22.7. The first-order chi connectivity index (χ1) is 15.3. The van der Waals surface area contributed by atoms with Gasteiger partial charge >= 0.3 is 0 Å². The average Bonchev–Trinajstić information content (AvgIpc) is 3.11. The van der Waals surface area contributed by atoms with Crippen LogP contribution in [0.4, 0.5) is 0 Å². The summed E-state index contributed by atoms with van der Waals surface area (Å²) in [5.74, 6) is -0.0111. The number of rotatable bonds is 7. The van der Waals surface area contributed by atoms with Crippen LogP contribution < -0.4 is 9.46 Å². The SMILES string of the molecule is Cc1ccccc1S(=O)(=O)NC(=O)Cn1nnc(COc2ccc3ccccc3c2)c1C. The van der Waals surface area contributed by atoms with Crippen molar-refractivity contribution in [2.24, 2.45) is 0 Å². The summed E-state index contributed by atoms with van der Waals surface area (Å²) < 4.78 is 34.3. The molecule has 0 atom stereocenters. The van der Waals surface area contributed by atoms with Gasteiger partial charge in [0.25, 0.3) is 15.9 Å². The van der Waals surface area contributed by atoms with Crippen molar-refractivity contribution in [1.29, 1.82) is 0 Å². The Labute approximate surface area is 185 Å². The number of aromatic nitrogens is 3. The minimum atomic E-state index is -3.97. The molecule has 164 valence electrons. The highest BCUT2D eigenvalue weighted by Crippen LogP contribution is 2.21. The molecule has 1 amide bonds. The van der Waals surface area contributed by atoms with Crippen molar-refractivity contribution in [3.8, 4) is 5.75 Å². The molecule has 1 N–H and O–H groups in total. The molecule has 4 aromatic rings. The van der Waals surface area contributed by atoms with E-state index in [1.54, 1.807) is 32.0 Å². The van der Waals surface area contributed by atoms with Gasteiger partial charge in [-0.3, -0.25) is 4.79 Å². The van der Waals surface area contributed by atoms with Gasteiger partial charge in [0.1, 0.15) is 24.6 Å². The number of fused-ring (bicyclic) bond motifs is 1. The quantitative estimate of drug-likeness (QED) is 0.464. The monoisotopic (exact) mass is 450 g/mol. The molecular weight excluding hydrogens is 428 g/mol. The average molecular weight is 451 g/mol. The van der Waals surface area contributed by atoms with Gasteiger partial charge in [-0.05, 0) is 48.4 Å². The number of hydrogen-bond acceptors (Lipinski definition) is 6. The lowest BCUT2D eigenvalue weighted by Gasteiger charge is -2.10. The first-order valence-electron chi connectivity index (χ1n) is 9.95. The van der Waals surface area contributed by atoms with Crippen molar-refractivity contribution in [2.45, 2.75) is 31.9 Å². The van der Waals surface area contributed by atoms with Crippen LogP contribution in [-0.4, -0.2) is 29.3 Å². The van der Waals surface area contributed by atoms with E-state index in [9.17, 15) is 13.2 Å². The molecule has 3 aromatic carbocycles. The maximum atomic E-state index is 12.5. The van der Waals surface area contributed by atoms with Gasteiger partial charge in [0.05, 0.1) is 10.6 Å². The molecule has 0 aliphatic carbocycles. The van der Waals surface area contributed by atoms with Crippen LogP contribution in [-0.2, 0) is 28.0 Å². The van der Waals surface area contributed by atoms with E-state index in [1.165, 1.54) is 10.7 Å². The van der Waals surface area contributed by atoms with Crippen LogP contribution in [0.5, 0.6) is 5.75 Å². The van der Waals surface area contributed by atoms with Crippen molar-refractivity contribution >= 4 is 26.7 Å². The lowest BCUT2D eigenvalue weighted by atomic mass is 10.1. The minimum absolute atomic E-state index is 0.0631. The summed E-state index contributed by atoms with van der Waals surface area (Å²) in [5, 5.41) is 10.2. The van der Waals surface area contributed by atoms with Crippen molar-refractivity contribution in [3.05, 3.63) is 83.7 Å². The summed E-state index contributed by atoms with van der Waals surface area (Å²) in [6.45, 7) is 3.32. The maximum absolute atomic E-state index is 12.5. The largest absolute Gasteiger partial charge is 0.487 e. The number of benzene rings is 3. The van der Waals surface area contributed by atoms with Crippen molar-refractivity contribution < 1.29 is 17.9 Å². The van der Waals surface area contributed by atoms with Crippen LogP contribution >= 0.6 is 0 Å². The van der Waals surface area contributed by atoms with E-state index >= 15 is 0 Å². The lowest BCUT2D eigenvalue weighted by molar-refractivity contribution is -0.120. The third-order valence-electron chi connectivity index (χ3n) is 5.10. The summed E-state index contributed by atoms with van der Waals surface area (Å²) in [5.41, 5.74) is 1.74. The molecule has 0 saturated heterocycles. The smallest absolute Gasteiger partial charge is 0.264 e. The molecule has 9 heteroatoms. The van der Waals surface area contributed by atoms with Crippen LogP contribution in [0, 0.1) is 13.8 Å². The molecule has 0 unspecified atom stereocenters. The molecule has 0 aliphatic heterocycles. The van der Waals surface area contributed by atoms with Gasteiger partial charge in [-0.25, -0.2) is 17.8 Å². The van der Waals surface area contributed by atoms with Gasteiger partial charge in [-0.2, -0.15) is 0 Å². The van der Waals surface area contributed by atoms with Gasteiger partial charge in [0, 0.05) is 0 Å². The Kier molecular flexibility index (Phi) is 5.91. The summed E-state index contributed by atoms with van der Waals surface area (Å²) in [6.07, 6.45) is 0. The second-order valence-electron chi connectivity index (χ2n) is 7.37. The fraction of sp³-hybridized carbons (Fsp3) is 0.174. The Hall–Kier alpha value is -3.72. The second kappa shape index (κ2) is 8.80. The fourth-order valence-corrected chi connectivity index (χ4v) is 4.54. The second-order valence-corrected chi connectivity index (χ2v) is 9.02.